The van der Waals surface area contributed by atoms with Gasteiger partial charge in [0.25, 0.3) is 0 Å². The molecule has 0 unspecified atom stereocenters. The summed E-state index contributed by atoms with van der Waals surface area (Å²) in [7, 11) is 1.58. The molecule has 206 valence electrons. The summed E-state index contributed by atoms with van der Waals surface area (Å²) >= 11 is 0. The quantitative estimate of drug-likeness (QED) is 0.168. The number of hydrogen-bond donors (Lipinski definition) is 0. The molecular formula is C31H28O9. The fourth-order valence-electron chi connectivity index (χ4n) is 3.42. The first-order valence-corrected chi connectivity index (χ1v) is 12.3. The summed E-state index contributed by atoms with van der Waals surface area (Å²) < 4.78 is 26.4. The van der Waals surface area contributed by atoms with Crippen LogP contribution in [0.1, 0.15) is 25.3 Å². The molecule has 0 spiro atoms. The molecule has 0 aliphatic carbocycles. The molecule has 0 bridgehead atoms. The van der Waals surface area contributed by atoms with Gasteiger partial charge >= 0.3 is 23.9 Å². The lowest BCUT2D eigenvalue weighted by Gasteiger charge is -2.13. The van der Waals surface area contributed by atoms with Crippen molar-refractivity contribution in [3.8, 4) is 39.9 Å². The number of aryl methyl sites for hydroxylation is 1. The Morgan fingerprint density at radius 3 is 1.85 bits per heavy atom. The summed E-state index contributed by atoms with van der Waals surface area (Å²) in [6, 6.07) is 16.8. The fourth-order valence-corrected chi connectivity index (χ4v) is 3.42. The number of carbonyl (C=O) groups is 4. The van der Waals surface area contributed by atoms with Crippen molar-refractivity contribution < 1.29 is 42.9 Å². The van der Waals surface area contributed by atoms with Crippen molar-refractivity contribution in [3.05, 3.63) is 91.5 Å². The summed E-state index contributed by atoms with van der Waals surface area (Å²) in [5.74, 6) is -1.66. The molecule has 3 rings (SSSR count). The van der Waals surface area contributed by atoms with Gasteiger partial charge in [-0.1, -0.05) is 44.3 Å². The zero-order valence-corrected chi connectivity index (χ0v) is 22.1. The summed E-state index contributed by atoms with van der Waals surface area (Å²) in [6.45, 7) is 8.34. The van der Waals surface area contributed by atoms with Crippen molar-refractivity contribution in [1.29, 1.82) is 0 Å². The third-order valence-corrected chi connectivity index (χ3v) is 5.48. The summed E-state index contributed by atoms with van der Waals surface area (Å²) in [4.78, 5) is 48.1. The highest BCUT2D eigenvalue weighted by Gasteiger charge is 2.17. The molecule has 0 saturated carbocycles. The standard InChI is InChI=1S/C31H28O9/c1-5-28(32)37-24-15-8-20(18-26(24)39-29(33)6-2)9-17-31(35)38-25-16-12-22(19-27(25)40-30(34)7-3)21-10-13-23(36-4)14-11-21/h5-6,8,10-16,18-19H,1-2,7,9,17H2,3-4H3. The van der Waals surface area contributed by atoms with Crippen molar-refractivity contribution in [2.24, 2.45) is 0 Å². The molecule has 9 heteroatoms. The van der Waals surface area contributed by atoms with Crippen LogP contribution in [-0.2, 0) is 25.6 Å². The third-order valence-electron chi connectivity index (χ3n) is 5.48. The Kier molecular flexibility index (Phi) is 10.4. The zero-order chi connectivity index (χ0) is 29.1. The van der Waals surface area contributed by atoms with E-state index < -0.39 is 23.9 Å². The van der Waals surface area contributed by atoms with Gasteiger partial charge in [-0.15, -0.1) is 0 Å². The molecule has 40 heavy (non-hydrogen) atoms. The summed E-state index contributed by atoms with van der Waals surface area (Å²) in [6.07, 6.45) is 2.23. The first-order chi connectivity index (χ1) is 19.3. The average molecular weight is 545 g/mol. The maximum atomic E-state index is 12.7. The lowest BCUT2D eigenvalue weighted by Crippen LogP contribution is -2.12. The highest BCUT2D eigenvalue weighted by atomic mass is 16.6. The molecule has 9 nitrogen and oxygen atoms in total. The lowest BCUT2D eigenvalue weighted by molar-refractivity contribution is -0.137. The molecule has 3 aromatic rings. The van der Waals surface area contributed by atoms with E-state index >= 15 is 0 Å². The predicted molar refractivity (Wildman–Crippen MR) is 146 cm³/mol. The minimum Gasteiger partial charge on any atom is -0.497 e. The number of hydrogen-bond acceptors (Lipinski definition) is 9. The molecule has 0 heterocycles. The molecule has 3 aromatic carbocycles. The van der Waals surface area contributed by atoms with Crippen molar-refractivity contribution in [1.82, 2.24) is 0 Å². The van der Waals surface area contributed by atoms with Gasteiger partial charge in [0.05, 0.1) is 7.11 Å². The van der Waals surface area contributed by atoms with E-state index in [1.54, 1.807) is 50.4 Å². The third kappa shape index (κ3) is 8.16. The monoisotopic (exact) mass is 544 g/mol. The topological polar surface area (TPSA) is 114 Å². The SMILES string of the molecule is C=CC(=O)Oc1ccc(CCC(=O)Oc2ccc(-c3ccc(OC)cc3)cc2OC(=O)CC)cc1OC(=O)C=C. The van der Waals surface area contributed by atoms with Gasteiger partial charge in [0.2, 0.25) is 0 Å². The van der Waals surface area contributed by atoms with Crippen LogP contribution in [0.5, 0.6) is 28.7 Å². The van der Waals surface area contributed by atoms with Crippen LogP contribution < -0.4 is 23.7 Å². The van der Waals surface area contributed by atoms with Crippen LogP contribution >= 0.6 is 0 Å². The molecular weight excluding hydrogens is 516 g/mol. The normalized spacial score (nSPS) is 10.2. The van der Waals surface area contributed by atoms with Crippen LogP contribution in [0.2, 0.25) is 0 Å². The zero-order valence-electron chi connectivity index (χ0n) is 22.1. The number of rotatable bonds is 12. The molecule has 0 aromatic heterocycles. The Hall–Kier alpha value is -5.18. The van der Waals surface area contributed by atoms with Crippen LogP contribution in [0.25, 0.3) is 11.1 Å². The largest absolute Gasteiger partial charge is 0.497 e. The number of carbonyl (C=O) groups excluding carboxylic acids is 4. The molecule has 0 aliphatic heterocycles. The van der Waals surface area contributed by atoms with Gasteiger partial charge in [-0.3, -0.25) is 9.59 Å². The highest BCUT2D eigenvalue weighted by Crippen LogP contribution is 2.34. The number of esters is 4. The second-order valence-corrected chi connectivity index (χ2v) is 8.22. The van der Waals surface area contributed by atoms with Crippen LogP contribution in [0, 0.1) is 0 Å². The van der Waals surface area contributed by atoms with Gasteiger partial charge < -0.3 is 23.7 Å². The molecule has 0 aliphatic rings. The van der Waals surface area contributed by atoms with Gasteiger partial charge in [0, 0.05) is 25.0 Å². The van der Waals surface area contributed by atoms with E-state index in [9.17, 15) is 19.2 Å². The van der Waals surface area contributed by atoms with Crippen LogP contribution in [0.3, 0.4) is 0 Å². The first-order valence-electron chi connectivity index (χ1n) is 12.3. The molecule has 0 amide bonds. The van der Waals surface area contributed by atoms with E-state index in [4.69, 9.17) is 23.7 Å². The minimum atomic E-state index is -0.750. The van der Waals surface area contributed by atoms with E-state index in [1.807, 2.05) is 12.1 Å². The molecule has 0 radical (unpaired) electrons. The fraction of sp³-hybridized carbons (Fsp3) is 0.161. The predicted octanol–water partition coefficient (Wildman–Crippen LogP) is 5.40. The maximum Gasteiger partial charge on any atom is 0.335 e. The van der Waals surface area contributed by atoms with Crippen molar-refractivity contribution in [3.63, 3.8) is 0 Å². The van der Waals surface area contributed by atoms with Gasteiger partial charge in [0.1, 0.15) is 5.75 Å². The number of benzene rings is 3. The number of ether oxygens (including phenoxy) is 5. The van der Waals surface area contributed by atoms with Gasteiger partial charge in [0.15, 0.2) is 23.0 Å². The Bertz CT molecular complexity index is 1420. The van der Waals surface area contributed by atoms with E-state index in [0.717, 1.165) is 23.3 Å². The second-order valence-electron chi connectivity index (χ2n) is 8.22. The molecule has 0 fully saturated rings. The van der Waals surface area contributed by atoms with Crippen molar-refractivity contribution in [2.45, 2.75) is 26.2 Å². The van der Waals surface area contributed by atoms with E-state index in [-0.39, 0.29) is 42.3 Å². The summed E-state index contributed by atoms with van der Waals surface area (Å²) in [5, 5.41) is 0. The van der Waals surface area contributed by atoms with E-state index in [0.29, 0.717) is 11.3 Å². The van der Waals surface area contributed by atoms with Gasteiger partial charge in [-0.25, -0.2) is 9.59 Å². The van der Waals surface area contributed by atoms with E-state index in [2.05, 4.69) is 13.2 Å². The number of methoxy groups -OCH3 is 1. The van der Waals surface area contributed by atoms with Crippen LogP contribution in [0.15, 0.2) is 86.0 Å². The Morgan fingerprint density at radius 1 is 0.675 bits per heavy atom. The molecule has 0 N–H and O–H groups in total. The van der Waals surface area contributed by atoms with Crippen LogP contribution in [-0.4, -0.2) is 31.0 Å². The smallest absolute Gasteiger partial charge is 0.335 e. The van der Waals surface area contributed by atoms with Gasteiger partial charge in [-0.05, 0) is 59.5 Å². The summed E-state index contributed by atoms with van der Waals surface area (Å²) in [5.41, 5.74) is 2.21. The lowest BCUT2D eigenvalue weighted by atomic mass is 10.0. The van der Waals surface area contributed by atoms with Crippen molar-refractivity contribution >= 4 is 23.9 Å². The Balaban J connectivity index is 1.76. The highest BCUT2D eigenvalue weighted by molar-refractivity contribution is 5.86. The van der Waals surface area contributed by atoms with Crippen LogP contribution in [0.4, 0.5) is 0 Å². The van der Waals surface area contributed by atoms with E-state index in [1.165, 1.54) is 12.1 Å². The van der Waals surface area contributed by atoms with Crippen molar-refractivity contribution in [2.75, 3.05) is 7.11 Å². The first kappa shape index (κ1) is 29.4. The van der Waals surface area contributed by atoms with Gasteiger partial charge in [-0.2, -0.15) is 0 Å². The second kappa shape index (κ2) is 14.1. The Labute approximate surface area is 231 Å². The molecule has 0 atom stereocenters. The minimum absolute atomic E-state index is 0.00533. The molecule has 0 saturated heterocycles. The maximum absolute atomic E-state index is 12.7. The average Bonchev–Trinajstić information content (AvgIpc) is 2.97. The Morgan fingerprint density at radius 2 is 1.23 bits per heavy atom.